The van der Waals surface area contributed by atoms with Crippen LogP contribution in [0.15, 0.2) is 18.2 Å². The Hall–Kier alpha value is -1.92. The van der Waals surface area contributed by atoms with E-state index in [4.69, 9.17) is 0 Å². The maximum absolute atomic E-state index is 12.4. The summed E-state index contributed by atoms with van der Waals surface area (Å²) in [6.45, 7) is 6.90. The maximum Gasteiger partial charge on any atom is 0.248 e. The minimum absolute atomic E-state index is 0.0816. The first-order chi connectivity index (χ1) is 11.4. The summed E-state index contributed by atoms with van der Waals surface area (Å²) >= 11 is 0. The van der Waals surface area contributed by atoms with Crippen molar-refractivity contribution in [3.05, 3.63) is 34.9 Å². The van der Waals surface area contributed by atoms with E-state index >= 15 is 0 Å². The molecule has 4 atom stereocenters. The van der Waals surface area contributed by atoms with Crippen molar-refractivity contribution >= 4 is 11.8 Å². The van der Waals surface area contributed by atoms with Crippen molar-refractivity contribution in [2.24, 2.45) is 0 Å². The molecule has 1 aromatic rings. The Morgan fingerprint density at radius 2 is 2.12 bits per heavy atom. The van der Waals surface area contributed by atoms with Gasteiger partial charge in [-0.05, 0) is 38.3 Å². The lowest BCUT2D eigenvalue weighted by Crippen LogP contribution is -2.64. The molecule has 2 heterocycles. The molecule has 0 spiro atoms. The van der Waals surface area contributed by atoms with E-state index in [0.29, 0.717) is 19.5 Å². The summed E-state index contributed by atoms with van der Waals surface area (Å²) in [5.74, 6) is -0.360. The first-order valence-corrected chi connectivity index (χ1v) is 8.45. The first kappa shape index (κ1) is 16.9. The van der Waals surface area contributed by atoms with Crippen molar-refractivity contribution in [2.45, 2.75) is 58.0 Å². The van der Waals surface area contributed by atoms with E-state index in [0.717, 1.165) is 0 Å². The van der Waals surface area contributed by atoms with E-state index < -0.39 is 18.2 Å². The SMILES string of the molecule is Cc1ccc(CN[C@H]2C[C@H]3C(=O)N[C@@H]([C@@H](C)O)C(=O)N3C2)c(C)c1. The molecule has 0 radical (unpaired) electrons. The van der Waals surface area contributed by atoms with Crippen molar-refractivity contribution in [1.29, 1.82) is 0 Å². The average molecular weight is 331 g/mol. The summed E-state index contributed by atoms with van der Waals surface area (Å²) < 4.78 is 0. The van der Waals surface area contributed by atoms with Gasteiger partial charge in [0.1, 0.15) is 12.1 Å². The summed E-state index contributed by atoms with van der Waals surface area (Å²) in [5.41, 5.74) is 3.70. The molecule has 2 fully saturated rings. The number of aryl methyl sites for hydroxylation is 2. The van der Waals surface area contributed by atoms with Crippen LogP contribution in [0.3, 0.4) is 0 Å². The van der Waals surface area contributed by atoms with Gasteiger partial charge in [0.2, 0.25) is 11.8 Å². The lowest BCUT2D eigenvalue weighted by atomic mass is 10.0. The quantitative estimate of drug-likeness (QED) is 0.738. The number of aliphatic hydroxyl groups excluding tert-OH is 1. The van der Waals surface area contributed by atoms with Crippen LogP contribution in [0.5, 0.6) is 0 Å². The standard InChI is InChI=1S/C18H25N3O3/c1-10-4-5-13(11(2)6-10)8-19-14-7-15-17(23)20-16(12(3)22)18(24)21(15)9-14/h4-6,12,14-16,19,22H,7-9H2,1-3H3,(H,20,23)/t12-,14+,15+,16+/m1/s1. The van der Waals surface area contributed by atoms with E-state index in [1.165, 1.54) is 23.6 Å². The van der Waals surface area contributed by atoms with E-state index in [1.807, 2.05) is 0 Å². The van der Waals surface area contributed by atoms with E-state index in [9.17, 15) is 14.7 Å². The van der Waals surface area contributed by atoms with Crippen molar-refractivity contribution < 1.29 is 14.7 Å². The van der Waals surface area contributed by atoms with Gasteiger partial charge in [-0.2, -0.15) is 0 Å². The Labute approximate surface area is 142 Å². The highest BCUT2D eigenvalue weighted by Gasteiger charge is 2.47. The zero-order chi connectivity index (χ0) is 17.4. The third kappa shape index (κ3) is 3.16. The molecule has 0 unspecified atom stereocenters. The molecule has 1 aromatic carbocycles. The molecular weight excluding hydrogens is 306 g/mol. The van der Waals surface area contributed by atoms with E-state index in [2.05, 4.69) is 42.7 Å². The zero-order valence-electron chi connectivity index (χ0n) is 14.4. The minimum atomic E-state index is -0.885. The Bertz CT molecular complexity index is 659. The third-order valence-electron chi connectivity index (χ3n) is 5.01. The molecular formula is C18H25N3O3. The fourth-order valence-corrected chi connectivity index (χ4v) is 3.59. The smallest absolute Gasteiger partial charge is 0.248 e. The molecule has 6 nitrogen and oxygen atoms in total. The molecule has 3 N–H and O–H groups in total. The number of nitrogens with zero attached hydrogens (tertiary/aromatic N) is 1. The maximum atomic E-state index is 12.4. The van der Waals surface area contributed by atoms with Crippen LogP contribution in [0.4, 0.5) is 0 Å². The van der Waals surface area contributed by atoms with Gasteiger partial charge in [0.05, 0.1) is 6.10 Å². The second-order valence-electron chi connectivity index (χ2n) is 6.98. The average Bonchev–Trinajstić information content (AvgIpc) is 2.95. The Morgan fingerprint density at radius 1 is 1.38 bits per heavy atom. The summed E-state index contributed by atoms with van der Waals surface area (Å²) in [5, 5.41) is 15.8. The van der Waals surface area contributed by atoms with Crippen LogP contribution < -0.4 is 10.6 Å². The van der Waals surface area contributed by atoms with Crippen molar-refractivity contribution in [2.75, 3.05) is 6.54 Å². The monoisotopic (exact) mass is 331 g/mol. The Kier molecular flexibility index (Phi) is 4.60. The van der Waals surface area contributed by atoms with Crippen molar-refractivity contribution in [3.63, 3.8) is 0 Å². The number of piperazine rings is 1. The number of hydrogen-bond acceptors (Lipinski definition) is 4. The van der Waals surface area contributed by atoms with Crippen molar-refractivity contribution in [3.8, 4) is 0 Å². The van der Waals surface area contributed by atoms with Crippen LogP contribution in [-0.4, -0.2) is 52.6 Å². The second kappa shape index (κ2) is 6.53. The predicted octanol–water partition coefficient (Wildman–Crippen LogP) is 0.242. The van der Waals surface area contributed by atoms with Crippen LogP contribution in [0.2, 0.25) is 0 Å². The van der Waals surface area contributed by atoms with Crippen LogP contribution in [0.1, 0.15) is 30.0 Å². The zero-order valence-corrected chi connectivity index (χ0v) is 14.4. The number of nitrogens with one attached hydrogen (secondary N) is 2. The summed E-state index contributed by atoms with van der Waals surface area (Å²) in [6.07, 6.45) is -0.278. The largest absolute Gasteiger partial charge is 0.391 e. The number of carbonyl (C=O) groups is 2. The van der Waals surface area contributed by atoms with Crippen LogP contribution in [0, 0.1) is 13.8 Å². The first-order valence-electron chi connectivity index (χ1n) is 8.45. The molecule has 2 saturated heterocycles. The third-order valence-corrected chi connectivity index (χ3v) is 5.01. The number of fused-ring (bicyclic) bond motifs is 1. The van der Waals surface area contributed by atoms with E-state index in [-0.39, 0.29) is 17.9 Å². The topological polar surface area (TPSA) is 81.7 Å². The number of carbonyl (C=O) groups excluding carboxylic acids is 2. The highest BCUT2D eigenvalue weighted by atomic mass is 16.3. The molecule has 3 rings (SSSR count). The highest BCUT2D eigenvalue weighted by molar-refractivity contribution is 5.97. The number of aliphatic hydroxyl groups is 1. The fraction of sp³-hybridized carbons (Fsp3) is 0.556. The number of hydrogen-bond donors (Lipinski definition) is 3. The van der Waals surface area contributed by atoms with Gasteiger partial charge in [0, 0.05) is 19.1 Å². The van der Waals surface area contributed by atoms with Gasteiger partial charge in [-0.1, -0.05) is 23.8 Å². The van der Waals surface area contributed by atoms with Gasteiger partial charge < -0.3 is 20.6 Å². The molecule has 0 saturated carbocycles. The highest BCUT2D eigenvalue weighted by Crippen LogP contribution is 2.24. The molecule has 2 amide bonds. The molecule has 130 valence electrons. The molecule has 0 bridgehead atoms. The van der Waals surface area contributed by atoms with Gasteiger partial charge in [-0.3, -0.25) is 9.59 Å². The normalized spacial score (nSPS) is 27.8. The molecule has 2 aliphatic rings. The lowest BCUT2D eigenvalue weighted by Gasteiger charge is -2.35. The van der Waals surface area contributed by atoms with Crippen LogP contribution >= 0.6 is 0 Å². The summed E-state index contributed by atoms with van der Waals surface area (Å²) in [6, 6.07) is 5.18. The Morgan fingerprint density at radius 3 is 2.79 bits per heavy atom. The van der Waals surface area contributed by atoms with E-state index in [1.54, 1.807) is 4.90 Å². The number of benzene rings is 1. The summed E-state index contributed by atoms with van der Waals surface area (Å²) in [7, 11) is 0. The molecule has 2 aliphatic heterocycles. The number of amides is 2. The van der Waals surface area contributed by atoms with Gasteiger partial charge >= 0.3 is 0 Å². The van der Waals surface area contributed by atoms with Gasteiger partial charge in [-0.25, -0.2) is 0 Å². The second-order valence-corrected chi connectivity index (χ2v) is 6.98. The molecule has 0 aliphatic carbocycles. The van der Waals surface area contributed by atoms with Gasteiger partial charge in [0.15, 0.2) is 0 Å². The molecule has 24 heavy (non-hydrogen) atoms. The van der Waals surface area contributed by atoms with Crippen molar-refractivity contribution in [1.82, 2.24) is 15.5 Å². The lowest BCUT2D eigenvalue weighted by molar-refractivity contribution is -0.149. The van der Waals surface area contributed by atoms with Gasteiger partial charge in [-0.15, -0.1) is 0 Å². The van der Waals surface area contributed by atoms with Gasteiger partial charge in [0.25, 0.3) is 0 Å². The molecule has 0 aromatic heterocycles. The minimum Gasteiger partial charge on any atom is -0.391 e. The fourth-order valence-electron chi connectivity index (χ4n) is 3.59. The Balaban J connectivity index is 1.64. The predicted molar refractivity (Wildman–Crippen MR) is 90.3 cm³/mol. The van der Waals surface area contributed by atoms with Crippen LogP contribution in [-0.2, 0) is 16.1 Å². The molecule has 6 heteroatoms. The summed E-state index contributed by atoms with van der Waals surface area (Å²) in [4.78, 5) is 26.2. The van der Waals surface area contributed by atoms with Crippen LogP contribution in [0.25, 0.3) is 0 Å². The number of rotatable bonds is 4.